The van der Waals surface area contributed by atoms with E-state index in [9.17, 15) is 8.78 Å². The third-order valence-electron chi connectivity index (χ3n) is 4.72. The van der Waals surface area contributed by atoms with Crippen molar-refractivity contribution in [1.29, 1.82) is 0 Å². The number of rotatable bonds is 5. The molecule has 0 saturated carbocycles. The second-order valence-electron chi connectivity index (χ2n) is 6.68. The van der Waals surface area contributed by atoms with Crippen molar-refractivity contribution in [3.05, 3.63) is 65.5 Å². The Morgan fingerprint density at radius 3 is 2.74 bits per heavy atom. The van der Waals surface area contributed by atoms with Crippen LogP contribution in [-0.2, 0) is 13.1 Å². The topological polar surface area (TPSA) is 52.6 Å². The fourth-order valence-electron chi connectivity index (χ4n) is 3.20. The van der Waals surface area contributed by atoms with Crippen LogP contribution in [0.4, 0.5) is 8.78 Å². The maximum atomic E-state index is 13.7. The van der Waals surface area contributed by atoms with E-state index < -0.39 is 11.6 Å². The Morgan fingerprint density at radius 1 is 1.22 bits per heavy atom. The average Bonchev–Trinajstić information content (AvgIpc) is 2.69. The lowest BCUT2D eigenvalue weighted by molar-refractivity contribution is 0.196. The number of benzene rings is 1. The number of guanidine groups is 1. The number of nitrogens with zero attached hydrogens (tertiary/aromatic N) is 3. The standard InChI is InChI=1S/C20H25F2N5/c1-23-20(25-13-15-12-16(21)5-6-19(15)22)26-17-7-10-27(11-8-17)14-18-4-2-3-9-24-18/h2-6,9,12,17H,7-8,10-11,13-14H2,1H3,(H2,23,25,26). The molecule has 27 heavy (non-hydrogen) atoms. The van der Waals surface area contributed by atoms with Crippen molar-refractivity contribution in [3.8, 4) is 0 Å². The number of hydrogen-bond donors (Lipinski definition) is 2. The van der Waals surface area contributed by atoms with Gasteiger partial charge in [0.1, 0.15) is 11.6 Å². The lowest BCUT2D eigenvalue weighted by Gasteiger charge is -2.32. The molecule has 1 aromatic heterocycles. The van der Waals surface area contributed by atoms with Gasteiger partial charge >= 0.3 is 0 Å². The SMILES string of the molecule is CN=C(NCc1cc(F)ccc1F)NC1CCN(Cc2ccccn2)CC1. The molecule has 0 aliphatic carbocycles. The summed E-state index contributed by atoms with van der Waals surface area (Å²) in [7, 11) is 1.67. The third kappa shape index (κ3) is 5.72. The van der Waals surface area contributed by atoms with Crippen molar-refractivity contribution < 1.29 is 8.78 Å². The van der Waals surface area contributed by atoms with Gasteiger partial charge in [-0.15, -0.1) is 0 Å². The van der Waals surface area contributed by atoms with E-state index in [1.165, 1.54) is 6.07 Å². The molecule has 7 heteroatoms. The summed E-state index contributed by atoms with van der Waals surface area (Å²) in [6, 6.07) is 9.73. The summed E-state index contributed by atoms with van der Waals surface area (Å²) in [5.74, 6) is -0.277. The molecular weight excluding hydrogens is 348 g/mol. The first-order valence-electron chi connectivity index (χ1n) is 9.17. The highest BCUT2D eigenvalue weighted by Gasteiger charge is 2.20. The number of aliphatic imine (C=N–C) groups is 1. The van der Waals surface area contributed by atoms with Crippen LogP contribution in [0.3, 0.4) is 0 Å². The Kier molecular flexibility index (Phi) is 6.70. The zero-order valence-electron chi connectivity index (χ0n) is 15.5. The minimum atomic E-state index is -0.448. The van der Waals surface area contributed by atoms with Gasteiger partial charge in [-0.1, -0.05) is 6.07 Å². The number of piperidine rings is 1. The van der Waals surface area contributed by atoms with Gasteiger partial charge in [0.2, 0.25) is 0 Å². The number of likely N-dealkylation sites (tertiary alicyclic amines) is 1. The molecule has 1 saturated heterocycles. The predicted octanol–water partition coefficient (Wildman–Crippen LogP) is 2.69. The summed E-state index contributed by atoms with van der Waals surface area (Å²) < 4.78 is 27.0. The molecule has 1 aromatic carbocycles. The number of halogens is 2. The van der Waals surface area contributed by atoms with Crippen LogP contribution in [0, 0.1) is 11.6 Å². The highest BCUT2D eigenvalue weighted by molar-refractivity contribution is 5.79. The number of aromatic nitrogens is 1. The Labute approximate surface area is 158 Å². The molecule has 2 N–H and O–H groups in total. The minimum Gasteiger partial charge on any atom is -0.354 e. The van der Waals surface area contributed by atoms with Crippen molar-refractivity contribution in [1.82, 2.24) is 20.5 Å². The monoisotopic (exact) mass is 373 g/mol. The third-order valence-corrected chi connectivity index (χ3v) is 4.72. The second kappa shape index (κ2) is 9.41. The molecule has 5 nitrogen and oxygen atoms in total. The summed E-state index contributed by atoms with van der Waals surface area (Å²) in [6.07, 6.45) is 3.80. The zero-order chi connectivity index (χ0) is 19.1. The van der Waals surface area contributed by atoms with Gasteiger partial charge in [0.05, 0.1) is 5.69 Å². The highest BCUT2D eigenvalue weighted by atomic mass is 19.1. The first-order valence-corrected chi connectivity index (χ1v) is 9.17. The molecule has 1 fully saturated rings. The lowest BCUT2D eigenvalue weighted by Crippen LogP contribution is -2.48. The smallest absolute Gasteiger partial charge is 0.191 e. The van der Waals surface area contributed by atoms with Crippen LogP contribution in [0.15, 0.2) is 47.6 Å². The molecule has 0 amide bonds. The van der Waals surface area contributed by atoms with Gasteiger partial charge < -0.3 is 10.6 Å². The number of hydrogen-bond acceptors (Lipinski definition) is 3. The van der Waals surface area contributed by atoms with E-state index in [4.69, 9.17) is 0 Å². The molecule has 3 rings (SSSR count). The maximum absolute atomic E-state index is 13.7. The molecule has 0 unspecified atom stereocenters. The molecular formula is C20H25F2N5. The van der Waals surface area contributed by atoms with Crippen molar-refractivity contribution in [2.45, 2.75) is 32.0 Å². The Bertz CT molecular complexity index is 758. The Hall–Kier alpha value is -2.54. The summed E-state index contributed by atoms with van der Waals surface area (Å²) in [5.41, 5.74) is 1.36. The summed E-state index contributed by atoms with van der Waals surface area (Å²) in [6.45, 7) is 2.99. The predicted molar refractivity (Wildman–Crippen MR) is 102 cm³/mol. The van der Waals surface area contributed by atoms with E-state index in [1.54, 1.807) is 7.05 Å². The lowest BCUT2D eigenvalue weighted by atomic mass is 10.0. The van der Waals surface area contributed by atoms with E-state index in [-0.39, 0.29) is 12.1 Å². The first-order chi connectivity index (χ1) is 13.1. The van der Waals surface area contributed by atoms with Crippen LogP contribution >= 0.6 is 0 Å². The van der Waals surface area contributed by atoms with Crippen LogP contribution in [0.1, 0.15) is 24.1 Å². The molecule has 2 heterocycles. The van der Waals surface area contributed by atoms with Gasteiger partial charge in [-0.05, 0) is 43.2 Å². The Balaban J connectivity index is 1.45. The fraction of sp³-hybridized carbons (Fsp3) is 0.400. The van der Waals surface area contributed by atoms with Gasteiger partial charge in [-0.25, -0.2) is 8.78 Å². The van der Waals surface area contributed by atoms with Crippen LogP contribution < -0.4 is 10.6 Å². The molecule has 0 spiro atoms. The van der Waals surface area contributed by atoms with Crippen LogP contribution in [0.2, 0.25) is 0 Å². The van der Waals surface area contributed by atoms with E-state index >= 15 is 0 Å². The summed E-state index contributed by atoms with van der Waals surface area (Å²) in [5, 5.41) is 6.44. The molecule has 0 atom stereocenters. The summed E-state index contributed by atoms with van der Waals surface area (Å²) >= 11 is 0. The van der Waals surface area contributed by atoms with Gasteiger partial charge in [-0.2, -0.15) is 0 Å². The zero-order valence-corrected chi connectivity index (χ0v) is 15.5. The number of nitrogens with one attached hydrogen (secondary N) is 2. The maximum Gasteiger partial charge on any atom is 0.191 e. The normalized spacial score (nSPS) is 16.3. The summed E-state index contributed by atoms with van der Waals surface area (Å²) in [4.78, 5) is 11.0. The second-order valence-corrected chi connectivity index (χ2v) is 6.68. The fourth-order valence-corrected chi connectivity index (χ4v) is 3.20. The van der Waals surface area contributed by atoms with E-state index in [0.29, 0.717) is 12.0 Å². The van der Waals surface area contributed by atoms with Crippen LogP contribution in [0.5, 0.6) is 0 Å². The molecule has 1 aliphatic heterocycles. The molecule has 0 radical (unpaired) electrons. The van der Waals surface area contributed by atoms with Gasteiger partial charge in [0, 0.05) is 51.0 Å². The average molecular weight is 373 g/mol. The molecule has 2 aromatic rings. The van der Waals surface area contributed by atoms with E-state index in [1.807, 2.05) is 24.4 Å². The highest BCUT2D eigenvalue weighted by Crippen LogP contribution is 2.13. The van der Waals surface area contributed by atoms with Gasteiger partial charge in [0.15, 0.2) is 5.96 Å². The van der Waals surface area contributed by atoms with Crippen molar-refractivity contribution in [2.24, 2.45) is 4.99 Å². The largest absolute Gasteiger partial charge is 0.354 e. The van der Waals surface area contributed by atoms with Crippen molar-refractivity contribution >= 4 is 5.96 Å². The molecule has 144 valence electrons. The molecule has 1 aliphatic rings. The van der Waals surface area contributed by atoms with E-state index in [0.717, 1.165) is 50.3 Å². The van der Waals surface area contributed by atoms with Crippen molar-refractivity contribution in [2.75, 3.05) is 20.1 Å². The van der Waals surface area contributed by atoms with Gasteiger partial charge in [-0.3, -0.25) is 14.9 Å². The minimum absolute atomic E-state index is 0.182. The first kappa shape index (κ1) is 19.2. The van der Waals surface area contributed by atoms with Crippen LogP contribution in [0.25, 0.3) is 0 Å². The number of pyridine rings is 1. The van der Waals surface area contributed by atoms with E-state index in [2.05, 4.69) is 25.5 Å². The molecule has 0 bridgehead atoms. The van der Waals surface area contributed by atoms with Crippen LogP contribution in [-0.4, -0.2) is 42.0 Å². The van der Waals surface area contributed by atoms with Gasteiger partial charge in [0.25, 0.3) is 0 Å². The van der Waals surface area contributed by atoms with Crippen molar-refractivity contribution in [3.63, 3.8) is 0 Å². The Morgan fingerprint density at radius 2 is 2.04 bits per heavy atom. The quantitative estimate of drug-likeness (QED) is 0.625.